The summed E-state index contributed by atoms with van der Waals surface area (Å²) in [4.78, 5) is 24.5. The van der Waals surface area contributed by atoms with Crippen LogP contribution in [0.2, 0.25) is 0 Å². The van der Waals surface area contributed by atoms with Crippen LogP contribution in [0.1, 0.15) is 22.8 Å². The largest absolute Gasteiger partial charge is 0.445 e. The molecule has 46 heavy (non-hydrogen) atoms. The van der Waals surface area contributed by atoms with Crippen LogP contribution in [0.4, 0.5) is 0 Å². The summed E-state index contributed by atoms with van der Waals surface area (Å²) in [6.07, 6.45) is 14.5. The molecule has 8 nitrogen and oxygen atoms in total. The molecular formula is C38H26N6O2. The van der Waals surface area contributed by atoms with Gasteiger partial charge in [-0.3, -0.25) is 0 Å². The fraction of sp³-hybridized carbons (Fsp3) is 0. The average Bonchev–Trinajstić information content (AvgIpc) is 3.92. The number of nitrogens with one attached hydrogen (secondary N) is 2. The Hall–Kier alpha value is -6.54. The van der Waals surface area contributed by atoms with E-state index in [1.54, 1.807) is 24.9 Å². The number of fused-ring (bicyclic) bond motifs is 8. The fourth-order valence-corrected chi connectivity index (χ4v) is 5.39. The monoisotopic (exact) mass is 598 g/mol. The highest BCUT2D eigenvalue weighted by Crippen LogP contribution is 2.34. The van der Waals surface area contributed by atoms with Crippen molar-refractivity contribution < 1.29 is 8.83 Å². The van der Waals surface area contributed by atoms with E-state index in [4.69, 9.17) is 8.83 Å². The molecule has 0 amide bonds. The lowest BCUT2D eigenvalue weighted by atomic mass is 9.97. The van der Waals surface area contributed by atoms with Crippen LogP contribution in [0.25, 0.3) is 80.4 Å². The van der Waals surface area contributed by atoms with Crippen molar-refractivity contribution in [2.24, 2.45) is 0 Å². The van der Waals surface area contributed by atoms with Crippen molar-refractivity contribution in [3.63, 3.8) is 0 Å². The molecule has 0 atom stereocenters. The molecule has 2 aliphatic heterocycles. The van der Waals surface area contributed by atoms with E-state index in [0.29, 0.717) is 11.8 Å². The van der Waals surface area contributed by atoms with E-state index in [9.17, 15) is 0 Å². The van der Waals surface area contributed by atoms with Gasteiger partial charge in [-0.05, 0) is 102 Å². The Morgan fingerprint density at radius 2 is 0.935 bits per heavy atom. The number of hydrogen-bond acceptors (Lipinski definition) is 6. The predicted octanol–water partition coefficient (Wildman–Crippen LogP) is 9.32. The molecule has 5 aromatic heterocycles. The van der Waals surface area contributed by atoms with Crippen LogP contribution in [0.5, 0.6) is 0 Å². The highest BCUT2D eigenvalue weighted by atomic mass is 16.3. The summed E-state index contributed by atoms with van der Waals surface area (Å²) in [6.45, 7) is 0. The lowest BCUT2D eigenvalue weighted by Gasteiger charge is -2.09. The first-order chi connectivity index (χ1) is 22.7. The topological polar surface area (TPSA) is 109 Å². The second-order valence-electron chi connectivity index (χ2n) is 10.7. The maximum absolute atomic E-state index is 5.46. The molecule has 0 saturated heterocycles. The highest BCUT2D eigenvalue weighted by molar-refractivity contribution is 5.83. The molecule has 0 saturated carbocycles. The first-order valence-electron chi connectivity index (χ1n) is 14.8. The molecule has 0 unspecified atom stereocenters. The van der Waals surface area contributed by atoms with Gasteiger partial charge >= 0.3 is 0 Å². The van der Waals surface area contributed by atoms with Gasteiger partial charge in [0.05, 0.1) is 35.2 Å². The normalized spacial score (nSPS) is 11.7. The molecule has 8 heteroatoms. The molecule has 9 rings (SSSR count). The van der Waals surface area contributed by atoms with Crippen molar-refractivity contribution in [3.05, 3.63) is 145 Å². The van der Waals surface area contributed by atoms with E-state index >= 15 is 0 Å². The molecule has 7 heterocycles. The van der Waals surface area contributed by atoms with Gasteiger partial charge < -0.3 is 18.8 Å². The van der Waals surface area contributed by atoms with E-state index in [1.165, 1.54) is 0 Å². The smallest absolute Gasteiger partial charge is 0.226 e. The van der Waals surface area contributed by atoms with Crippen LogP contribution in [0.3, 0.4) is 0 Å². The number of H-pyrrole nitrogens is 2. The van der Waals surface area contributed by atoms with Gasteiger partial charge in [-0.25, -0.2) is 19.9 Å². The summed E-state index contributed by atoms with van der Waals surface area (Å²) in [6, 6.07) is 32.5. The lowest BCUT2D eigenvalue weighted by Crippen LogP contribution is -1.87. The summed E-state index contributed by atoms with van der Waals surface area (Å²) >= 11 is 0. The van der Waals surface area contributed by atoms with Crippen LogP contribution in [0.15, 0.2) is 131 Å². The van der Waals surface area contributed by atoms with Crippen LogP contribution in [-0.2, 0) is 0 Å². The first-order valence-corrected chi connectivity index (χ1v) is 14.8. The number of nitrogens with zero attached hydrogens (tertiary/aromatic N) is 4. The lowest BCUT2D eigenvalue weighted by molar-refractivity contribution is 0.573. The summed E-state index contributed by atoms with van der Waals surface area (Å²) in [5.74, 6) is 1.19. The number of rotatable bonds is 3. The second kappa shape index (κ2) is 11.9. The van der Waals surface area contributed by atoms with Gasteiger partial charge in [0, 0.05) is 33.2 Å². The standard InChI is InChI=1S/C20H14N4.C18H12N2O2/c1-2-14-10-16-5-6-18(23-16)12-20-8-7-19(24-20)11-17-4-3-15(22-17)9-13(1)21-14;1-2-4-13(5-3-1)16-12-14(17-19-8-10-21-17)6-7-15(16)18-20-9-11-22-18/h1-12,21,24H;1-12H. The molecular weight excluding hydrogens is 572 g/mol. The summed E-state index contributed by atoms with van der Waals surface area (Å²) in [5.41, 5.74) is 11.8. The Bertz CT molecular complexity index is 2190. The predicted molar refractivity (Wildman–Crippen MR) is 182 cm³/mol. The van der Waals surface area contributed by atoms with Crippen molar-refractivity contribution in [3.8, 4) is 34.0 Å². The van der Waals surface area contributed by atoms with E-state index < -0.39 is 0 Å². The van der Waals surface area contributed by atoms with E-state index in [1.807, 2.05) is 85.0 Å². The summed E-state index contributed by atoms with van der Waals surface area (Å²) in [5, 5.41) is 0. The van der Waals surface area contributed by atoms with E-state index in [0.717, 1.165) is 67.1 Å². The molecule has 0 aliphatic carbocycles. The van der Waals surface area contributed by atoms with Crippen molar-refractivity contribution in [2.75, 3.05) is 0 Å². The maximum Gasteiger partial charge on any atom is 0.226 e. The van der Waals surface area contributed by atoms with Gasteiger partial charge in [0.15, 0.2) is 0 Å². The molecule has 2 aromatic carbocycles. The van der Waals surface area contributed by atoms with E-state index in [2.05, 4.69) is 66.3 Å². The molecule has 220 valence electrons. The number of aromatic nitrogens is 6. The Morgan fingerprint density at radius 3 is 1.41 bits per heavy atom. The third kappa shape index (κ3) is 5.82. The number of hydrogen-bond donors (Lipinski definition) is 2. The molecule has 2 aliphatic rings. The summed E-state index contributed by atoms with van der Waals surface area (Å²) < 4.78 is 10.9. The Kier molecular flexibility index (Phi) is 6.97. The zero-order valence-corrected chi connectivity index (χ0v) is 24.5. The second-order valence-corrected chi connectivity index (χ2v) is 10.7. The molecule has 0 radical (unpaired) electrons. The van der Waals surface area contributed by atoms with Crippen LogP contribution < -0.4 is 0 Å². The van der Waals surface area contributed by atoms with Crippen LogP contribution in [0, 0.1) is 0 Å². The maximum atomic E-state index is 5.46. The number of aromatic amines is 2. The van der Waals surface area contributed by atoms with Crippen LogP contribution in [-0.4, -0.2) is 29.9 Å². The van der Waals surface area contributed by atoms with Gasteiger partial charge in [-0.2, -0.15) is 0 Å². The number of benzene rings is 2. The van der Waals surface area contributed by atoms with Gasteiger partial charge in [-0.15, -0.1) is 0 Å². The summed E-state index contributed by atoms with van der Waals surface area (Å²) in [7, 11) is 0. The SMILES string of the molecule is C1=Cc2cc3ccc(cc4nc(cc5ccc(cc1n2)[nH]5)C=C4)[nH]3.c1ccc(-c2cc(-c3ncco3)ccc2-c2ncco2)cc1. The third-order valence-electron chi connectivity index (χ3n) is 7.49. The molecule has 0 fully saturated rings. The minimum atomic E-state index is 0.594. The van der Waals surface area contributed by atoms with Crippen molar-refractivity contribution in [1.29, 1.82) is 0 Å². The molecule has 0 spiro atoms. The van der Waals surface area contributed by atoms with Gasteiger partial charge in [-0.1, -0.05) is 30.3 Å². The molecule has 8 bridgehead atoms. The van der Waals surface area contributed by atoms with Crippen molar-refractivity contribution >= 4 is 46.4 Å². The quantitative estimate of drug-likeness (QED) is 0.210. The van der Waals surface area contributed by atoms with Crippen molar-refractivity contribution in [1.82, 2.24) is 29.9 Å². The fourth-order valence-electron chi connectivity index (χ4n) is 5.39. The Balaban J connectivity index is 0.000000136. The van der Waals surface area contributed by atoms with Gasteiger partial charge in [0.1, 0.15) is 12.5 Å². The minimum Gasteiger partial charge on any atom is -0.445 e. The minimum absolute atomic E-state index is 0.594. The van der Waals surface area contributed by atoms with Gasteiger partial charge in [0.2, 0.25) is 11.8 Å². The molecule has 2 N–H and O–H groups in total. The van der Waals surface area contributed by atoms with Gasteiger partial charge in [0.25, 0.3) is 0 Å². The van der Waals surface area contributed by atoms with Crippen molar-refractivity contribution in [2.45, 2.75) is 0 Å². The third-order valence-corrected chi connectivity index (χ3v) is 7.49. The Morgan fingerprint density at radius 1 is 0.435 bits per heavy atom. The molecule has 7 aromatic rings. The zero-order valence-electron chi connectivity index (χ0n) is 24.5. The number of oxazole rings is 2. The first kappa shape index (κ1) is 27.0. The van der Waals surface area contributed by atoms with E-state index in [-0.39, 0.29) is 0 Å². The highest BCUT2D eigenvalue weighted by Gasteiger charge is 2.14. The van der Waals surface area contributed by atoms with Crippen LogP contribution >= 0.6 is 0 Å². The Labute approximate surface area is 263 Å². The average molecular weight is 599 g/mol. The zero-order chi connectivity index (χ0) is 30.7.